The molecule has 0 saturated heterocycles. The fourth-order valence-corrected chi connectivity index (χ4v) is 5.22. The summed E-state index contributed by atoms with van der Waals surface area (Å²) in [6.07, 6.45) is 4.58. The molecule has 0 fully saturated rings. The first-order valence-electron chi connectivity index (χ1n) is 9.36. The van der Waals surface area contributed by atoms with E-state index in [1.807, 2.05) is 6.07 Å². The van der Waals surface area contributed by atoms with Gasteiger partial charge in [0.15, 0.2) is 5.65 Å². The molecule has 7 nitrogen and oxygen atoms in total. The van der Waals surface area contributed by atoms with Gasteiger partial charge in [-0.2, -0.15) is 0 Å². The summed E-state index contributed by atoms with van der Waals surface area (Å²) >= 11 is 3.41. The van der Waals surface area contributed by atoms with Crippen LogP contribution in [0, 0.1) is 6.92 Å². The van der Waals surface area contributed by atoms with E-state index < -0.39 is 10.0 Å². The Morgan fingerprint density at radius 2 is 1.81 bits per heavy atom. The number of fused-ring (bicyclic) bond motifs is 1. The molecule has 0 aliphatic heterocycles. The molecule has 0 unspecified atom stereocenters. The molecule has 1 amide bonds. The lowest BCUT2D eigenvalue weighted by molar-refractivity contribution is 0.0827. The summed E-state index contributed by atoms with van der Waals surface area (Å²) in [7, 11) is -0.539. The fourth-order valence-electron chi connectivity index (χ4n) is 3.33. The van der Waals surface area contributed by atoms with Crippen LogP contribution in [0.25, 0.3) is 22.3 Å². The Labute approximate surface area is 188 Å². The van der Waals surface area contributed by atoms with Crippen molar-refractivity contribution in [3.8, 4) is 11.3 Å². The molecule has 1 aromatic carbocycles. The van der Waals surface area contributed by atoms with E-state index in [4.69, 9.17) is 0 Å². The summed E-state index contributed by atoms with van der Waals surface area (Å²) in [4.78, 5) is 22.6. The molecule has 0 radical (unpaired) electrons. The number of benzene rings is 1. The SMILES string of the molecule is Cc1ccccc1S(=O)(=O)n1cc(-c2ccc(C(=O)N(C)C)cn2)c2cc(Br)cnc21. The Kier molecular flexibility index (Phi) is 5.40. The second-order valence-corrected chi connectivity index (χ2v) is 9.96. The zero-order chi connectivity index (χ0) is 22.3. The zero-order valence-electron chi connectivity index (χ0n) is 17.1. The molecule has 0 N–H and O–H groups in total. The Balaban J connectivity index is 1.92. The van der Waals surface area contributed by atoms with E-state index in [1.165, 1.54) is 21.3 Å². The fraction of sp³-hybridized carbons (Fsp3) is 0.136. The van der Waals surface area contributed by atoms with Crippen molar-refractivity contribution in [1.82, 2.24) is 18.8 Å². The first kappa shape index (κ1) is 21.2. The highest BCUT2D eigenvalue weighted by molar-refractivity contribution is 9.10. The third-order valence-electron chi connectivity index (χ3n) is 4.90. The molecule has 3 aromatic heterocycles. The molecule has 4 aromatic rings. The number of aryl methyl sites for hydroxylation is 1. The largest absolute Gasteiger partial charge is 0.345 e. The van der Waals surface area contributed by atoms with Crippen LogP contribution in [-0.4, -0.2) is 47.3 Å². The van der Waals surface area contributed by atoms with Crippen LogP contribution >= 0.6 is 15.9 Å². The standard InChI is InChI=1S/C22H19BrN4O3S/c1-14-6-4-5-7-20(14)31(29,30)27-13-18(17-10-16(23)12-25-21(17)27)19-9-8-15(11-24-19)22(28)26(2)3/h4-13H,1-3H3. The number of amides is 1. The van der Waals surface area contributed by atoms with Crippen LogP contribution in [0.15, 0.2) is 70.4 Å². The average molecular weight is 499 g/mol. The minimum Gasteiger partial charge on any atom is -0.345 e. The van der Waals surface area contributed by atoms with E-state index in [0.717, 1.165) is 0 Å². The highest BCUT2D eigenvalue weighted by Crippen LogP contribution is 2.33. The van der Waals surface area contributed by atoms with Crippen LogP contribution in [0.2, 0.25) is 0 Å². The van der Waals surface area contributed by atoms with Crippen molar-refractivity contribution in [3.05, 3.63) is 76.7 Å². The van der Waals surface area contributed by atoms with Crippen molar-refractivity contribution < 1.29 is 13.2 Å². The average Bonchev–Trinajstić information content (AvgIpc) is 3.13. The van der Waals surface area contributed by atoms with Crippen molar-refractivity contribution in [1.29, 1.82) is 0 Å². The maximum absolute atomic E-state index is 13.5. The van der Waals surface area contributed by atoms with Gasteiger partial charge in [-0.15, -0.1) is 0 Å². The van der Waals surface area contributed by atoms with Crippen LogP contribution in [0.1, 0.15) is 15.9 Å². The molecule has 0 bridgehead atoms. The van der Waals surface area contributed by atoms with Gasteiger partial charge in [0.2, 0.25) is 0 Å². The van der Waals surface area contributed by atoms with Gasteiger partial charge in [-0.05, 0) is 52.7 Å². The normalized spacial score (nSPS) is 11.6. The van der Waals surface area contributed by atoms with Crippen molar-refractivity contribution in [2.75, 3.05) is 14.1 Å². The molecule has 4 rings (SSSR count). The summed E-state index contributed by atoms with van der Waals surface area (Å²) < 4.78 is 28.8. The number of pyridine rings is 2. The number of aromatic nitrogens is 3. The van der Waals surface area contributed by atoms with Crippen LogP contribution in [0.3, 0.4) is 0 Å². The number of hydrogen-bond donors (Lipinski definition) is 0. The lowest BCUT2D eigenvalue weighted by Crippen LogP contribution is -2.21. The van der Waals surface area contributed by atoms with Gasteiger partial charge in [-0.25, -0.2) is 17.4 Å². The van der Waals surface area contributed by atoms with Gasteiger partial charge in [0.25, 0.3) is 15.9 Å². The van der Waals surface area contributed by atoms with Crippen molar-refractivity contribution in [2.45, 2.75) is 11.8 Å². The molecular formula is C22H19BrN4O3S. The second-order valence-electron chi connectivity index (χ2n) is 7.27. The molecule has 0 aliphatic rings. The Morgan fingerprint density at radius 3 is 2.45 bits per heavy atom. The molecular weight excluding hydrogens is 480 g/mol. The number of hydrogen-bond acceptors (Lipinski definition) is 5. The number of rotatable bonds is 4. The van der Waals surface area contributed by atoms with Gasteiger partial charge in [0, 0.05) is 48.1 Å². The van der Waals surface area contributed by atoms with Crippen LogP contribution in [-0.2, 0) is 10.0 Å². The van der Waals surface area contributed by atoms with E-state index in [-0.39, 0.29) is 10.8 Å². The second kappa shape index (κ2) is 7.90. The third-order valence-corrected chi connectivity index (χ3v) is 7.15. The summed E-state index contributed by atoms with van der Waals surface area (Å²) in [5.41, 5.74) is 2.54. The Bertz CT molecular complexity index is 1410. The predicted molar refractivity (Wildman–Crippen MR) is 122 cm³/mol. The first-order chi connectivity index (χ1) is 14.7. The summed E-state index contributed by atoms with van der Waals surface area (Å²) in [5.74, 6) is -0.159. The van der Waals surface area contributed by atoms with Gasteiger partial charge in [-0.3, -0.25) is 9.78 Å². The van der Waals surface area contributed by atoms with E-state index in [0.29, 0.717) is 37.9 Å². The van der Waals surface area contributed by atoms with E-state index in [9.17, 15) is 13.2 Å². The molecule has 9 heteroatoms. The van der Waals surface area contributed by atoms with Gasteiger partial charge >= 0.3 is 0 Å². The quantitative estimate of drug-likeness (QED) is 0.422. The molecule has 0 atom stereocenters. The Morgan fingerprint density at radius 1 is 1.06 bits per heavy atom. The minimum absolute atomic E-state index is 0.159. The maximum Gasteiger partial charge on any atom is 0.269 e. The van der Waals surface area contributed by atoms with Gasteiger partial charge in [-0.1, -0.05) is 18.2 Å². The number of carbonyl (C=O) groups is 1. The predicted octanol–water partition coefficient (Wildman–Crippen LogP) is 4.11. The minimum atomic E-state index is -3.88. The molecule has 158 valence electrons. The van der Waals surface area contributed by atoms with E-state index in [1.54, 1.807) is 63.6 Å². The highest BCUT2D eigenvalue weighted by Gasteiger charge is 2.24. The van der Waals surface area contributed by atoms with E-state index >= 15 is 0 Å². The number of carbonyl (C=O) groups excluding carboxylic acids is 1. The van der Waals surface area contributed by atoms with E-state index in [2.05, 4.69) is 25.9 Å². The Hall–Kier alpha value is -3.04. The van der Waals surface area contributed by atoms with Crippen molar-refractivity contribution in [2.24, 2.45) is 0 Å². The van der Waals surface area contributed by atoms with Crippen molar-refractivity contribution >= 4 is 42.9 Å². The maximum atomic E-state index is 13.5. The molecule has 0 spiro atoms. The lowest BCUT2D eigenvalue weighted by atomic mass is 10.1. The van der Waals surface area contributed by atoms with Crippen LogP contribution in [0.5, 0.6) is 0 Å². The molecule has 0 aliphatic carbocycles. The van der Waals surface area contributed by atoms with Crippen molar-refractivity contribution in [3.63, 3.8) is 0 Å². The molecule has 3 heterocycles. The summed E-state index contributed by atoms with van der Waals surface area (Å²) in [5, 5.41) is 0.630. The van der Waals surface area contributed by atoms with Crippen LogP contribution in [0.4, 0.5) is 0 Å². The topological polar surface area (TPSA) is 85.2 Å². The highest BCUT2D eigenvalue weighted by atomic mass is 79.9. The smallest absolute Gasteiger partial charge is 0.269 e. The first-order valence-corrected chi connectivity index (χ1v) is 11.6. The van der Waals surface area contributed by atoms with Crippen LogP contribution < -0.4 is 0 Å². The van der Waals surface area contributed by atoms with Gasteiger partial charge in [0.1, 0.15) is 0 Å². The summed E-state index contributed by atoms with van der Waals surface area (Å²) in [6, 6.07) is 12.0. The zero-order valence-corrected chi connectivity index (χ0v) is 19.5. The number of halogens is 1. The van der Waals surface area contributed by atoms with Gasteiger partial charge in [0.05, 0.1) is 16.2 Å². The third kappa shape index (κ3) is 3.75. The summed E-state index contributed by atoms with van der Waals surface area (Å²) in [6.45, 7) is 1.76. The monoisotopic (exact) mass is 498 g/mol. The molecule has 0 saturated carbocycles. The lowest BCUT2D eigenvalue weighted by Gasteiger charge is -2.10. The number of nitrogens with zero attached hydrogens (tertiary/aromatic N) is 4. The molecule has 31 heavy (non-hydrogen) atoms. The van der Waals surface area contributed by atoms with Gasteiger partial charge < -0.3 is 4.90 Å².